The molecule has 9 nitrogen and oxygen atoms in total. The maximum atomic E-state index is 12.3. The van der Waals surface area contributed by atoms with E-state index in [2.05, 4.69) is 14.1 Å². The van der Waals surface area contributed by atoms with E-state index in [1.54, 1.807) is 50.3 Å². The van der Waals surface area contributed by atoms with E-state index in [1.807, 2.05) is 26.0 Å². The average molecular weight is 432 g/mol. The summed E-state index contributed by atoms with van der Waals surface area (Å²) < 4.78 is 37.5. The first-order chi connectivity index (χ1) is 14.1. The topological polar surface area (TPSA) is 108 Å². The lowest BCUT2D eigenvalue weighted by Crippen LogP contribution is -2.41. The molecule has 1 N–H and O–H groups in total. The molecule has 2 heterocycles. The van der Waals surface area contributed by atoms with E-state index in [1.165, 1.54) is 4.90 Å². The molecular weight excluding hydrogens is 406 g/mol. The normalized spacial score (nSPS) is 15.9. The Bertz CT molecular complexity index is 1120. The van der Waals surface area contributed by atoms with Crippen LogP contribution in [-0.2, 0) is 10.2 Å². The SMILES string of the molecule is CC[C@@H](NC1=NS(=O)(=O)N=C1N(C)c1cccc(C(=O)N(C)C)c1)c1ccc(C)o1. The minimum absolute atomic E-state index is 0.128. The van der Waals surface area contributed by atoms with Crippen LogP contribution >= 0.6 is 0 Å². The van der Waals surface area contributed by atoms with Crippen molar-refractivity contribution in [3.8, 4) is 0 Å². The molecule has 0 unspecified atom stereocenters. The lowest BCUT2D eigenvalue weighted by atomic mass is 10.1. The second kappa shape index (κ2) is 8.31. The summed E-state index contributed by atoms with van der Waals surface area (Å²) in [7, 11) is 1.01. The number of rotatable bonds is 5. The summed E-state index contributed by atoms with van der Waals surface area (Å²) in [6, 6.07) is 10.3. The summed E-state index contributed by atoms with van der Waals surface area (Å²) in [6.07, 6.45) is 0.649. The van der Waals surface area contributed by atoms with Crippen LogP contribution in [0.5, 0.6) is 0 Å². The van der Waals surface area contributed by atoms with Crippen molar-refractivity contribution in [3.05, 3.63) is 53.5 Å². The van der Waals surface area contributed by atoms with Crippen molar-refractivity contribution in [1.82, 2.24) is 10.2 Å². The third-order valence-corrected chi connectivity index (χ3v) is 5.47. The number of amides is 1. The van der Waals surface area contributed by atoms with Crippen LogP contribution in [0.15, 0.2) is 49.6 Å². The number of aryl methyl sites for hydroxylation is 1. The molecule has 10 heteroatoms. The maximum Gasteiger partial charge on any atom is 0.367 e. The van der Waals surface area contributed by atoms with Crippen molar-refractivity contribution in [3.63, 3.8) is 0 Å². The van der Waals surface area contributed by atoms with Crippen LogP contribution in [-0.4, -0.2) is 52.0 Å². The third kappa shape index (κ3) is 4.54. The molecule has 160 valence electrons. The van der Waals surface area contributed by atoms with Gasteiger partial charge in [0.05, 0.1) is 6.04 Å². The number of nitrogens with zero attached hydrogens (tertiary/aromatic N) is 4. The summed E-state index contributed by atoms with van der Waals surface area (Å²) in [6.45, 7) is 3.80. The van der Waals surface area contributed by atoms with Gasteiger partial charge in [0, 0.05) is 32.4 Å². The van der Waals surface area contributed by atoms with E-state index in [4.69, 9.17) is 4.42 Å². The van der Waals surface area contributed by atoms with E-state index in [-0.39, 0.29) is 23.6 Å². The summed E-state index contributed by atoms with van der Waals surface area (Å²) in [5, 5.41) is 3.14. The fraction of sp³-hybridized carbons (Fsp3) is 0.350. The van der Waals surface area contributed by atoms with Crippen LogP contribution in [0.3, 0.4) is 0 Å². The molecule has 1 aliphatic rings. The molecule has 1 aromatic heterocycles. The van der Waals surface area contributed by atoms with Crippen LogP contribution in [0.1, 0.15) is 41.3 Å². The zero-order valence-corrected chi connectivity index (χ0v) is 18.4. The molecule has 30 heavy (non-hydrogen) atoms. The number of nitrogens with one attached hydrogen (secondary N) is 1. The minimum Gasteiger partial charge on any atom is -0.464 e. The van der Waals surface area contributed by atoms with Crippen molar-refractivity contribution in [1.29, 1.82) is 0 Å². The van der Waals surface area contributed by atoms with Crippen LogP contribution in [0, 0.1) is 6.92 Å². The number of carbonyl (C=O) groups excluding carboxylic acids is 1. The Morgan fingerprint density at radius 3 is 2.50 bits per heavy atom. The Labute approximate surface area is 176 Å². The van der Waals surface area contributed by atoms with E-state index >= 15 is 0 Å². The number of hydrogen-bond donors (Lipinski definition) is 1. The second-order valence-electron chi connectivity index (χ2n) is 7.17. The highest BCUT2D eigenvalue weighted by Gasteiger charge is 2.30. The van der Waals surface area contributed by atoms with Crippen molar-refractivity contribution in [2.75, 3.05) is 26.0 Å². The van der Waals surface area contributed by atoms with Gasteiger partial charge in [0.1, 0.15) is 11.5 Å². The van der Waals surface area contributed by atoms with Gasteiger partial charge in [0.15, 0.2) is 11.7 Å². The molecule has 1 amide bonds. The first kappa shape index (κ1) is 21.6. The summed E-state index contributed by atoms with van der Waals surface area (Å²) in [5.74, 6) is 1.56. The molecule has 0 saturated carbocycles. The van der Waals surface area contributed by atoms with Gasteiger partial charge in [-0.2, -0.15) is 8.42 Å². The van der Waals surface area contributed by atoms with Crippen LogP contribution in [0.2, 0.25) is 0 Å². The Hall–Kier alpha value is -3.14. The maximum absolute atomic E-state index is 12.3. The Balaban J connectivity index is 1.91. The Morgan fingerprint density at radius 1 is 1.17 bits per heavy atom. The van der Waals surface area contributed by atoms with Gasteiger partial charge in [-0.05, 0) is 43.7 Å². The third-order valence-electron chi connectivity index (χ3n) is 4.65. The van der Waals surface area contributed by atoms with Crippen LogP contribution in [0.25, 0.3) is 0 Å². The second-order valence-corrected chi connectivity index (χ2v) is 8.43. The van der Waals surface area contributed by atoms with Crippen molar-refractivity contribution in [2.45, 2.75) is 26.3 Å². The number of carbonyl (C=O) groups is 1. The largest absolute Gasteiger partial charge is 0.464 e. The molecule has 0 fully saturated rings. The standard InChI is InChI=1S/C20H25N5O4S/c1-6-16(17-11-10-13(2)29-17)21-18-19(23-30(27,28)22-18)25(5)15-9-7-8-14(12-15)20(26)24(3)4/h7-12,16H,6H2,1-5H3,(H,21,22)/t16-/m1/s1. The molecule has 0 spiro atoms. The van der Waals surface area contributed by atoms with Crippen molar-refractivity contribution < 1.29 is 17.6 Å². The quantitative estimate of drug-likeness (QED) is 0.779. The van der Waals surface area contributed by atoms with E-state index in [0.29, 0.717) is 23.4 Å². The molecule has 2 aromatic rings. The molecule has 0 saturated heterocycles. The zero-order chi connectivity index (χ0) is 22.1. The predicted molar refractivity (Wildman–Crippen MR) is 116 cm³/mol. The number of likely N-dealkylation sites (N-methyl/N-ethyl adjacent to an activating group) is 1. The van der Waals surface area contributed by atoms with E-state index in [9.17, 15) is 13.2 Å². The van der Waals surface area contributed by atoms with Gasteiger partial charge >= 0.3 is 10.2 Å². The number of anilines is 1. The molecule has 1 atom stereocenters. The number of furan rings is 1. The number of hydrogen-bond acceptors (Lipinski definition) is 6. The van der Waals surface area contributed by atoms with Gasteiger partial charge in [0.2, 0.25) is 0 Å². The lowest BCUT2D eigenvalue weighted by molar-refractivity contribution is 0.0827. The first-order valence-corrected chi connectivity index (χ1v) is 10.8. The van der Waals surface area contributed by atoms with Gasteiger partial charge < -0.3 is 19.5 Å². The van der Waals surface area contributed by atoms with Gasteiger partial charge in [-0.15, -0.1) is 8.80 Å². The Kier molecular flexibility index (Phi) is 5.97. The highest BCUT2D eigenvalue weighted by Crippen LogP contribution is 2.23. The molecule has 0 bridgehead atoms. The molecule has 3 rings (SSSR count). The first-order valence-electron chi connectivity index (χ1n) is 9.45. The lowest BCUT2D eigenvalue weighted by Gasteiger charge is -2.23. The monoisotopic (exact) mass is 431 g/mol. The molecular formula is C20H25N5O4S. The molecule has 1 aromatic carbocycles. The van der Waals surface area contributed by atoms with Crippen molar-refractivity contribution >= 4 is 33.5 Å². The zero-order valence-electron chi connectivity index (χ0n) is 17.6. The number of benzene rings is 1. The summed E-state index contributed by atoms with van der Waals surface area (Å²) >= 11 is 0. The molecule has 0 aliphatic carbocycles. The number of amidine groups is 2. The van der Waals surface area contributed by atoms with Gasteiger partial charge in [-0.1, -0.05) is 13.0 Å². The molecule has 1 aliphatic heterocycles. The van der Waals surface area contributed by atoms with E-state index < -0.39 is 10.2 Å². The smallest absolute Gasteiger partial charge is 0.367 e. The molecule has 0 radical (unpaired) electrons. The van der Waals surface area contributed by atoms with Crippen LogP contribution in [0.4, 0.5) is 5.69 Å². The Morgan fingerprint density at radius 2 is 1.90 bits per heavy atom. The van der Waals surface area contributed by atoms with Crippen LogP contribution < -0.4 is 10.2 Å². The summed E-state index contributed by atoms with van der Waals surface area (Å²) in [4.78, 5) is 15.3. The average Bonchev–Trinajstić information content (AvgIpc) is 3.27. The van der Waals surface area contributed by atoms with Crippen molar-refractivity contribution in [2.24, 2.45) is 8.80 Å². The highest BCUT2D eigenvalue weighted by atomic mass is 32.2. The fourth-order valence-electron chi connectivity index (χ4n) is 3.05. The predicted octanol–water partition coefficient (Wildman–Crippen LogP) is 2.52. The highest BCUT2D eigenvalue weighted by molar-refractivity contribution is 7.89. The fourth-order valence-corrected chi connectivity index (χ4v) is 3.88. The van der Waals surface area contributed by atoms with Gasteiger partial charge in [-0.25, -0.2) is 0 Å². The minimum atomic E-state index is -4.00. The van der Waals surface area contributed by atoms with E-state index in [0.717, 1.165) is 5.76 Å². The summed E-state index contributed by atoms with van der Waals surface area (Å²) in [5.41, 5.74) is 1.09. The van der Waals surface area contributed by atoms with Gasteiger partial charge in [0.25, 0.3) is 5.91 Å². The van der Waals surface area contributed by atoms with Gasteiger partial charge in [-0.3, -0.25) is 4.79 Å².